The number of rotatable bonds is 6. The van der Waals surface area contributed by atoms with E-state index in [4.69, 9.17) is 11.6 Å². The maximum absolute atomic E-state index is 11.0. The third-order valence-corrected chi connectivity index (χ3v) is 2.54. The van der Waals surface area contributed by atoms with Crippen LogP contribution in [0.4, 0.5) is 22.7 Å². The van der Waals surface area contributed by atoms with Gasteiger partial charge < -0.3 is 4.74 Å². The number of benzene rings is 1. The summed E-state index contributed by atoms with van der Waals surface area (Å²) in [7, 11) is 0.983. The molecule has 122 valence electrons. The lowest BCUT2D eigenvalue weighted by atomic mass is 10.2. The fourth-order valence-corrected chi connectivity index (χ4v) is 1.46. The molecule has 0 fully saturated rings. The highest BCUT2D eigenvalue weighted by Crippen LogP contribution is 2.38. The SMILES string of the molecule is COC(=O)/C(Cl)=N\Nc1c([N+](=O)[O-])cc([N+](=O)[O-])cc1[N+](=O)[O-]. The average Bonchev–Trinajstić information content (AvgIpc) is 2.50. The van der Waals surface area contributed by atoms with Gasteiger partial charge in [0.15, 0.2) is 0 Å². The first-order valence-corrected chi connectivity index (χ1v) is 5.75. The molecule has 14 heteroatoms. The number of ether oxygens (including phenoxy) is 1. The minimum atomic E-state index is -1.11. The molecule has 23 heavy (non-hydrogen) atoms. The van der Waals surface area contributed by atoms with Crippen molar-refractivity contribution in [2.75, 3.05) is 12.5 Å². The van der Waals surface area contributed by atoms with Gasteiger partial charge in [-0.15, -0.1) is 0 Å². The molecular weight excluding hydrogens is 342 g/mol. The van der Waals surface area contributed by atoms with Crippen LogP contribution in [0.3, 0.4) is 0 Å². The van der Waals surface area contributed by atoms with E-state index in [1.54, 1.807) is 0 Å². The zero-order chi connectivity index (χ0) is 17.7. The Morgan fingerprint density at radius 1 is 1.13 bits per heavy atom. The van der Waals surface area contributed by atoms with Crippen LogP contribution in [0.5, 0.6) is 0 Å². The Morgan fingerprint density at radius 3 is 1.96 bits per heavy atom. The second-order valence-electron chi connectivity index (χ2n) is 3.64. The predicted molar refractivity (Wildman–Crippen MR) is 75.3 cm³/mol. The van der Waals surface area contributed by atoms with Gasteiger partial charge in [0, 0.05) is 0 Å². The molecule has 0 saturated carbocycles. The van der Waals surface area contributed by atoms with Crippen LogP contribution in [0.1, 0.15) is 0 Å². The van der Waals surface area contributed by atoms with Crippen molar-refractivity contribution in [3.63, 3.8) is 0 Å². The molecular formula is C9H6ClN5O8. The maximum Gasteiger partial charge on any atom is 0.370 e. The number of methoxy groups -OCH3 is 1. The summed E-state index contributed by atoms with van der Waals surface area (Å²) in [6.07, 6.45) is 0. The molecule has 0 aliphatic rings. The number of nitro benzene ring substituents is 3. The Balaban J connectivity index is 3.49. The minimum Gasteiger partial charge on any atom is -0.464 e. The van der Waals surface area contributed by atoms with Crippen LogP contribution < -0.4 is 5.43 Å². The number of carbonyl (C=O) groups is 1. The molecule has 0 atom stereocenters. The van der Waals surface area contributed by atoms with Crippen molar-refractivity contribution in [1.29, 1.82) is 0 Å². The van der Waals surface area contributed by atoms with Gasteiger partial charge in [0.2, 0.25) is 10.9 Å². The summed E-state index contributed by atoms with van der Waals surface area (Å²) in [6, 6.07) is 0.994. The lowest BCUT2D eigenvalue weighted by Crippen LogP contribution is -2.12. The van der Waals surface area contributed by atoms with Gasteiger partial charge in [-0.25, -0.2) is 4.79 Å². The lowest BCUT2D eigenvalue weighted by Gasteiger charge is -2.04. The zero-order valence-electron chi connectivity index (χ0n) is 11.1. The van der Waals surface area contributed by atoms with Crippen molar-refractivity contribution >= 4 is 45.5 Å². The molecule has 0 saturated heterocycles. The van der Waals surface area contributed by atoms with Gasteiger partial charge >= 0.3 is 17.3 Å². The van der Waals surface area contributed by atoms with Gasteiger partial charge in [0.1, 0.15) is 0 Å². The highest BCUT2D eigenvalue weighted by molar-refractivity contribution is 6.82. The van der Waals surface area contributed by atoms with Crippen molar-refractivity contribution in [3.8, 4) is 0 Å². The van der Waals surface area contributed by atoms with Crippen LogP contribution in [-0.2, 0) is 9.53 Å². The predicted octanol–water partition coefficient (Wildman–Crippen LogP) is 1.55. The molecule has 1 rings (SSSR count). The van der Waals surface area contributed by atoms with Crippen LogP contribution in [-0.4, -0.2) is 33.0 Å². The van der Waals surface area contributed by atoms with Gasteiger partial charge in [-0.2, -0.15) is 5.10 Å². The van der Waals surface area contributed by atoms with E-state index in [0.717, 1.165) is 7.11 Å². The van der Waals surface area contributed by atoms with Gasteiger partial charge in [-0.3, -0.25) is 35.8 Å². The molecule has 0 unspecified atom stereocenters. The van der Waals surface area contributed by atoms with Crippen molar-refractivity contribution < 1.29 is 24.3 Å². The summed E-state index contributed by atoms with van der Waals surface area (Å²) in [5.41, 5.74) is -1.77. The number of nitrogens with one attached hydrogen (secondary N) is 1. The molecule has 0 spiro atoms. The van der Waals surface area contributed by atoms with Gasteiger partial charge in [0.25, 0.3) is 5.69 Å². The molecule has 0 amide bonds. The number of esters is 1. The normalized spacial score (nSPS) is 10.8. The first-order chi connectivity index (χ1) is 10.7. The third-order valence-electron chi connectivity index (χ3n) is 2.31. The van der Waals surface area contributed by atoms with E-state index in [1.807, 2.05) is 5.43 Å². The van der Waals surface area contributed by atoms with Gasteiger partial charge in [0.05, 0.1) is 34.0 Å². The highest BCUT2D eigenvalue weighted by Gasteiger charge is 2.30. The van der Waals surface area contributed by atoms with Crippen LogP contribution in [0, 0.1) is 30.3 Å². The van der Waals surface area contributed by atoms with E-state index >= 15 is 0 Å². The van der Waals surface area contributed by atoms with Crippen molar-refractivity contribution in [2.24, 2.45) is 5.10 Å². The van der Waals surface area contributed by atoms with E-state index < -0.39 is 48.7 Å². The Kier molecular flexibility index (Phi) is 5.45. The van der Waals surface area contributed by atoms with Crippen molar-refractivity contribution in [1.82, 2.24) is 0 Å². The van der Waals surface area contributed by atoms with E-state index in [0.29, 0.717) is 12.1 Å². The van der Waals surface area contributed by atoms with Crippen LogP contribution in [0.2, 0.25) is 0 Å². The molecule has 0 radical (unpaired) electrons. The third kappa shape index (κ3) is 4.07. The largest absolute Gasteiger partial charge is 0.464 e. The quantitative estimate of drug-likeness (QED) is 0.345. The standard InChI is InChI=1S/C9H6ClN5O8/c1-23-9(16)8(10)12-11-7-5(14(19)20)2-4(13(17)18)3-6(7)15(21)22/h2-3,11H,1H3/b12-8+. The molecule has 1 aromatic rings. The van der Waals surface area contributed by atoms with Gasteiger partial charge in [-0.05, 0) is 0 Å². The number of hydrogen-bond donors (Lipinski definition) is 1. The number of hydrazone groups is 1. The number of hydrogen-bond acceptors (Lipinski definition) is 10. The zero-order valence-corrected chi connectivity index (χ0v) is 11.8. The summed E-state index contributed by atoms with van der Waals surface area (Å²) < 4.78 is 4.21. The lowest BCUT2D eigenvalue weighted by molar-refractivity contribution is -0.401. The Morgan fingerprint density at radius 2 is 1.61 bits per heavy atom. The fourth-order valence-electron chi connectivity index (χ4n) is 1.34. The van der Waals surface area contributed by atoms with Crippen LogP contribution in [0.15, 0.2) is 17.2 Å². The monoisotopic (exact) mass is 347 g/mol. The van der Waals surface area contributed by atoms with Crippen LogP contribution >= 0.6 is 11.6 Å². The second-order valence-corrected chi connectivity index (χ2v) is 3.99. The summed E-state index contributed by atoms with van der Waals surface area (Å²) in [5.74, 6) is -1.11. The summed E-state index contributed by atoms with van der Waals surface area (Å²) in [6.45, 7) is 0. The smallest absolute Gasteiger partial charge is 0.370 e. The number of nitro groups is 3. The molecule has 1 N–H and O–H groups in total. The number of halogens is 1. The summed E-state index contributed by atoms with van der Waals surface area (Å²) in [4.78, 5) is 40.4. The van der Waals surface area contributed by atoms with E-state index in [9.17, 15) is 35.1 Å². The molecule has 0 aliphatic heterocycles. The van der Waals surface area contributed by atoms with E-state index in [1.165, 1.54) is 0 Å². The molecule has 1 aromatic carbocycles. The van der Waals surface area contributed by atoms with Crippen LogP contribution in [0.25, 0.3) is 0 Å². The molecule has 0 bridgehead atoms. The van der Waals surface area contributed by atoms with Gasteiger partial charge in [-0.1, -0.05) is 11.6 Å². The molecule has 0 aromatic heterocycles. The first-order valence-electron chi connectivity index (χ1n) is 5.37. The van der Waals surface area contributed by atoms with Crippen molar-refractivity contribution in [2.45, 2.75) is 0 Å². The molecule has 0 heterocycles. The average molecular weight is 348 g/mol. The number of non-ortho nitro benzene ring substituents is 1. The number of nitrogens with zero attached hydrogens (tertiary/aromatic N) is 4. The summed E-state index contributed by atoms with van der Waals surface area (Å²) >= 11 is 5.39. The molecule has 0 aliphatic carbocycles. The van der Waals surface area contributed by atoms with Crippen molar-refractivity contribution in [3.05, 3.63) is 42.5 Å². The Labute approximate surface area is 130 Å². The number of carbonyl (C=O) groups excluding carboxylic acids is 1. The second kappa shape index (κ2) is 7.08. The number of anilines is 1. The minimum absolute atomic E-state index is 0.497. The van der Waals surface area contributed by atoms with E-state index in [-0.39, 0.29) is 0 Å². The topological polar surface area (TPSA) is 180 Å². The first kappa shape index (κ1) is 17.7. The highest BCUT2D eigenvalue weighted by atomic mass is 35.5. The Hall–Kier alpha value is -3.35. The Bertz CT molecular complexity index is 698. The maximum atomic E-state index is 11.0. The fraction of sp³-hybridized carbons (Fsp3) is 0.111. The summed E-state index contributed by atoms with van der Waals surface area (Å²) in [5, 5.41) is 35.0. The molecule has 13 nitrogen and oxygen atoms in total. The van der Waals surface area contributed by atoms with E-state index in [2.05, 4.69) is 9.84 Å².